The second-order valence-corrected chi connectivity index (χ2v) is 3.87. The summed E-state index contributed by atoms with van der Waals surface area (Å²) in [5.74, 6) is 0. The van der Waals surface area contributed by atoms with E-state index >= 15 is 0 Å². The van der Waals surface area contributed by atoms with Gasteiger partial charge in [-0.25, -0.2) is 0 Å². The van der Waals surface area contributed by atoms with Crippen molar-refractivity contribution in [1.82, 2.24) is 10.6 Å². The van der Waals surface area contributed by atoms with Gasteiger partial charge in [-0.05, 0) is 45.4 Å². The monoisotopic (exact) mass is 218 g/mol. The van der Waals surface area contributed by atoms with Gasteiger partial charge in [0.1, 0.15) is 0 Å². The molecule has 0 spiro atoms. The number of rotatable bonds is 6. The van der Waals surface area contributed by atoms with Crippen molar-refractivity contribution in [3.05, 3.63) is 0 Å². The van der Waals surface area contributed by atoms with Crippen molar-refractivity contribution < 1.29 is 0 Å². The van der Waals surface area contributed by atoms with E-state index in [0.29, 0.717) is 5.41 Å². The van der Waals surface area contributed by atoms with E-state index in [9.17, 15) is 0 Å². The summed E-state index contributed by atoms with van der Waals surface area (Å²) in [4.78, 5) is 0. The number of hydrogen-bond donors (Lipinski definition) is 2. The Morgan fingerprint density at radius 3 is 1.20 bits per heavy atom. The molecule has 0 aromatic heterocycles. The number of nitrogens with one attached hydrogen (secondary N) is 2. The summed E-state index contributed by atoms with van der Waals surface area (Å²) in [5, 5.41) is 6.36. The SMILES string of the molecule is CC.CC.CNCCC(C)(C)CCNC. The lowest BCUT2D eigenvalue weighted by atomic mass is 9.86. The summed E-state index contributed by atoms with van der Waals surface area (Å²) in [6.45, 7) is 14.9. The van der Waals surface area contributed by atoms with Crippen molar-refractivity contribution in [2.45, 2.75) is 54.4 Å². The average molecular weight is 218 g/mol. The van der Waals surface area contributed by atoms with Crippen molar-refractivity contribution in [3.63, 3.8) is 0 Å². The van der Waals surface area contributed by atoms with E-state index in [2.05, 4.69) is 24.5 Å². The van der Waals surface area contributed by atoms with Gasteiger partial charge in [0.15, 0.2) is 0 Å². The van der Waals surface area contributed by atoms with Crippen LogP contribution in [0.4, 0.5) is 0 Å². The summed E-state index contributed by atoms with van der Waals surface area (Å²) in [7, 11) is 4.02. The van der Waals surface area contributed by atoms with Gasteiger partial charge in [0.25, 0.3) is 0 Å². The van der Waals surface area contributed by atoms with Crippen LogP contribution in [0.25, 0.3) is 0 Å². The summed E-state index contributed by atoms with van der Waals surface area (Å²) in [6.07, 6.45) is 2.51. The van der Waals surface area contributed by atoms with E-state index in [1.165, 1.54) is 12.8 Å². The molecule has 96 valence electrons. The highest BCUT2D eigenvalue weighted by molar-refractivity contribution is 4.69. The molecule has 0 fully saturated rings. The van der Waals surface area contributed by atoms with Crippen molar-refractivity contribution in [2.24, 2.45) is 5.41 Å². The van der Waals surface area contributed by atoms with Gasteiger partial charge >= 0.3 is 0 Å². The van der Waals surface area contributed by atoms with Gasteiger partial charge in [-0.2, -0.15) is 0 Å². The fraction of sp³-hybridized carbons (Fsp3) is 1.00. The average Bonchev–Trinajstić information content (AvgIpc) is 2.29. The summed E-state index contributed by atoms with van der Waals surface area (Å²) in [6, 6.07) is 0. The third kappa shape index (κ3) is 20.1. The van der Waals surface area contributed by atoms with Gasteiger partial charge in [-0.15, -0.1) is 0 Å². The van der Waals surface area contributed by atoms with Crippen LogP contribution in [0.15, 0.2) is 0 Å². The van der Waals surface area contributed by atoms with Crippen LogP contribution in [-0.4, -0.2) is 27.2 Å². The molecule has 0 heterocycles. The first-order valence-electron chi connectivity index (χ1n) is 6.41. The Kier molecular flexibility index (Phi) is 22.2. The first kappa shape index (κ1) is 20.3. The van der Waals surface area contributed by atoms with Crippen LogP contribution >= 0.6 is 0 Å². The maximum Gasteiger partial charge on any atom is -0.00468 e. The molecule has 2 N–H and O–H groups in total. The highest BCUT2D eigenvalue weighted by atomic mass is 14.8. The second kappa shape index (κ2) is 16.4. The van der Waals surface area contributed by atoms with Crippen molar-refractivity contribution in [3.8, 4) is 0 Å². The molecule has 0 saturated heterocycles. The van der Waals surface area contributed by atoms with Crippen molar-refractivity contribution >= 4 is 0 Å². The zero-order valence-corrected chi connectivity index (χ0v) is 12.3. The molecule has 0 amide bonds. The highest BCUT2D eigenvalue weighted by Crippen LogP contribution is 2.23. The van der Waals surface area contributed by atoms with Gasteiger partial charge in [-0.1, -0.05) is 41.5 Å². The van der Waals surface area contributed by atoms with Crippen molar-refractivity contribution in [2.75, 3.05) is 27.2 Å². The minimum absolute atomic E-state index is 0.478. The molecule has 0 rings (SSSR count). The van der Waals surface area contributed by atoms with Gasteiger partial charge in [0.2, 0.25) is 0 Å². The first-order valence-corrected chi connectivity index (χ1v) is 6.41. The van der Waals surface area contributed by atoms with Crippen LogP contribution in [0.3, 0.4) is 0 Å². The molecule has 0 aliphatic heterocycles. The van der Waals surface area contributed by atoms with E-state index in [-0.39, 0.29) is 0 Å². The fourth-order valence-electron chi connectivity index (χ4n) is 1.05. The maximum absolute atomic E-state index is 3.18. The predicted octanol–water partition coefficient (Wildman–Crippen LogP) is 3.28. The Labute approximate surface area is 98.2 Å². The van der Waals surface area contributed by atoms with E-state index in [1.807, 2.05) is 41.8 Å². The van der Waals surface area contributed by atoms with Crippen LogP contribution in [0.5, 0.6) is 0 Å². The van der Waals surface area contributed by atoms with Crippen LogP contribution in [0, 0.1) is 5.41 Å². The third-order valence-electron chi connectivity index (χ3n) is 2.10. The molecule has 2 nitrogen and oxygen atoms in total. The molecule has 15 heavy (non-hydrogen) atoms. The van der Waals surface area contributed by atoms with Gasteiger partial charge in [-0.3, -0.25) is 0 Å². The lowest BCUT2D eigenvalue weighted by molar-refractivity contribution is 0.303. The normalized spacial score (nSPS) is 9.60. The topological polar surface area (TPSA) is 24.1 Å². The molecule has 0 saturated carbocycles. The molecular formula is C13H34N2. The molecule has 2 heteroatoms. The molecule has 0 radical (unpaired) electrons. The Morgan fingerprint density at radius 2 is 1.00 bits per heavy atom. The Hall–Kier alpha value is -0.0800. The molecule has 0 aliphatic rings. The Bertz CT molecular complexity index is 80.5. The molecule has 0 aliphatic carbocycles. The molecule has 0 aromatic carbocycles. The van der Waals surface area contributed by atoms with E-state index in [1.54, 1.807) is 0 Å². The van der Waals surface area contributed by atoms with Gasteiger partial charge in [0, 0.05) is 0 Å². The zero-order chi connectivity index (χ0) is 12.7. The summed E-state index contributed by atoms with van der Waals surface area (Å²) < 4.78 is 0. The van der Waals surface area contributed by atoms with Crippen LogP contribution in [0.1, 0.15) is 54.4 Å². The summed E-state index contributed by atoms with van der Waals surface area (Å²) >= 11 is 0. The Balaban J connectivity index is -0.000000318. The smallest absolute Gasteiger partial charge is 0.00468 e. The van der Waals surface area contributed by atoms with Crippen molar-refractivity contribution in [1.29, 1.82) is 0 Å². The minimum Gasteiger partial charge on any atom is -0.320 e. The summed E-state index contributed by atoms with van der Waals surface area (Å²) in [5.41, 5.74) is 0.478. The standard InChI is InChI=1S/C9H22N2.2C2H6/c1-9(2,5-7-10-3)6-8-11-4;2*1-2/h10-11H,5-8H2,1-4H3;2*1-2H3. The second-order valence-electron chi connectivity index (χ2n) is 3.87. The lowest BCUT2D eigenvalue weighted by Crippen LogP contribution is -2.23. The molecular weight excluding hydrogens is 184 g/mol. The largest absolute Gasteiger partial charge is 0.320 e. The zero-order valence-electron chi connectivity index (χ0n) is 12.3. The minimum atomic E-state index is 0.478. The third-order valence-corrected chi connectivity index (χ3v) is 2.10. The first-order chi connectivity index (χ1) is 7.12. The highest BCUT2D eigenvalue weighted by Gasteiger charge is 2.15. The van der Waals surface area contributed by atoms with Gasteiger partial charge < -0.3 is 10.6 Å². The molecule has 0 bridgehead atoms. The Morgan fingerprint density at radius 1 is 0.733 bits per heavy atom. The lowest BCUT2D eigenvalue weighted by Gasteiger charge is -2.24. The van der Waals surface area contributed by atoms with Gasteiger partial charge in [0.05, 0.1) is 0 Å². The predicted molar refractivity (Wildman–Crippen MR) is 73.6 cm³/mol. The van der Waals surface area contributed by atoms with Crippen LogP contribution in [-0.2, 0) is 0 Å². The van der Waals surface area contributed by atoms with E-state index in [4.69, 9.17) is 0 Å². The van der Waals surface area contributed by atoms with Crippen LogP contribution in [0.2, 0.25) is 0 Å². The van der Waals surface area contributed by atoms with E-state index in [0.717, 1.165) is 13.1 Å². The molecule has 0 aromatic rings. The maximum atomic E-state index is 3.18. The molecule has 0 atom stereocenters. The van der Waals surface area contributed by atoms with Crippen LogP contribution < -0.4 is 10.6 Å². The quantitative estimate of drug-likeness (QED) is 0.715. The van der Waals surface area contributed by atoms with E-state index < -0.39 is 0 Å². The molecule has 0 unspecified atom stereocenters. The fourth-order valence-corrected chi connectivity index (χ4v) is 1.05. The number of hydrogen-bond acceptors (Lipinski definition) is 2.